The van der Waals surface area contributed by atoms with Crippen LogP contribution in [-0.4, -0.2) is 41.5 Å². The second kappa shape index (κ2) is 10.4. The standard InChI is InChI=1S/C6H6F8.C5H6F6.C3H8.CH4/c1-3(7,6(12,13)14)5(10,11)4(2,8)9;1-3(6,4(2,7)8)5(9,10)11;1-3-2;/h1-2H3;1-2H3;3H2,1-2H3;1H4. The number of alkyl halides is 14. The smallest absolute Gasteiger partial charge is 0.227 e. The van der Waals surface area contributed by atoms with Crippen LogP contribution in [0.25, 0.3) is 0 Å². The van der Waals surface area contributed by atoms with Crippen molar-refractivity contribution in [3.8, 4) is 0 Å². The number of rotatable bonds is 3. The summed E-state index contributed by atoms with van der Waals surface area (Å²) in [4.78, 5) is 0. The molecule has 0 aromatic rings. The Morgan fingerprint density at radius 3 is 0.690 bits per heavy atom. The van der Waals surface area contributed by atoms with Gasteiger partial charge in [-0.3, -0.25) is 0 Å². The van der Waals surface area contributed by atoms with Crippen molar-refractivity contribution < 1.29 is 61.5 Å². The van der Waals surface area contributed by atoms with E-state index in [1.54, 1.807) is 0 Å². The molecule has 14 heteroatoms. The normalized spacial score (nSPS) is 17.4. The zero-order valence-electron chi connectivity index (χ0n) is 15.5. The predicted molar refractivity (Wildman–Crippen MR) is 80.0 cm³/mol. The third-order valence-corrected chi connectivity index (χ3v) is 3.03. The van der Waals surface area contributed by atoms with Gasteiger partial charge in [-0.15, -0.1) is 0 Å². The van der Waals surface area contributed by atoms with Crippen LogP contribution in [0.5, 0.6) is 0 Å². The lowest BCUT2D eigenvalue weighted by molar-refractivity contribution is -0.343. The molecular formula is C15H24F14. The van der Waals surface area contributed by atoms with Crippen molar-refractivity contribution in [2.75, 3.05) is 0 Å². The Morgan fingerprint density at radius 2 is 0.655 bits per heavy atom. The molecule has 0 aliphatic carbocycles. The molecule has 0 rings (SSSR count). The van der Waals surface area contributed by atoms with Crippen LogP contribution in [0.2, 0.25) is 0 Å². The Labute approximate surface area is 159 Å². The average Bonchev–Trinajstić information content (AvgIpc) is 2.34. The topological polar surface area (TPSA) is 0 Å². The maximum Gasteiger partial charge on any atom is 0.428 e. The highest BCUT2D eigenvalue weighted by atomic mass is 19.4. The fourth-order valence-electron chi connectivity index (χ4n) is 0.839. The van der Waals surface area contributed by atoms with Gasteiger partial charge >= 0.3 is 24.2 Å². The molecule has 182 valence electrons. The van der Waals surface area contributed by atoms with Crippen LogP contribution in [0.4, 0.5) is 61.5 Å². The molecule has 0 aromatic heterocycles. The van der Waals surface area contributed by atoms with E-state index in [4.69, 9.17) is 0 Å². The Hall–Kier alpha value is -0.980. The third kappa shape index (κ3) is 8.73. The highest BCUT2D eigenvalue weighted by Gasteiger charge is 2.75. The lowest BCUT2D eigenvalue weighted by Gasteiger charge is -2.34. The first-order valence-electron chi connectivity index (χ1n) is 7.31. The summed E-state index contributed by atoms with van der Waals surface area (Å²) in [6.07, 6.45) is -10.3. The van der Waals surface area contributed by atoms with Crippen molar-refractivity contribution in [3.63, 3.8) is 0 Å². The van der Waals surface area contributed by atoms with E-state index in [1.165, 1.54) is 6.42 Å². The minimum absolute atomic E-state index is 0. The van der Waals surface area contributed by atoms with Gasteiger partial charge in [-0.2, -0.15) is 35.1 Å². The molecule has 0 saturated heterocycles. The van der Waals surface area contributed by atoms with Crippen molar-refractivity contribution in [1.82, 2.24) is 0 Å². The first kappa shape index (κ1) is 35.5. The zero-order valence-corrected chi connectivity index (χ0v) is 15.5. The van der Waals surface area contributed by atoms with Crippen LogP contribution in [0.3, 0.4) is 0 Å². The predicted octanol–water partition coefficient (Wildman–Crippen LogP) is 8.55. The lowest BCUT2D eigenvalue weighted by atomic mass is 9.94. The summed E-state index contributed by atoms with van der Waals surface area (Å²) in [7, 11) is 0. The van der Waals surface area contributed by atoms with Gasteiger partial charge in [0.05, 0.1) is 0 Å². The highest BCUT2D eigenvalue weighted by Crippen LogP contribution is 2.51. The van der Waals surface area contributed by atoms with Gasteiger partial charge in [0, 0.05) is 13.8 Å². The van der Waals surface area contributed by atoms with Crippen molar-refractivity contribution in [1.29, 1.82) is 0 Å². The molecule has 0 fully saturated rings. The Bertz CT molecular complexity index is 406. The summed E-state index contributed by atoms with van der Waals surface area (Å²) in [6.45, 7) is 2.86. The molecule has 0 aliphatic heterocycles. The maximum absolute atomic E-state index is 12.5. The van der Waals surface area contributed by atoms with Crippen LogP contribution >= 0.6 is 0 Å². The van der Waals surface area contributed by atoms with E-state index in [-0.39, 0.29) is 21.3 Å². The molecule has 0 amide bonds. The first-order chi connectivity index (χ1) is 11.7. The van der Waals surface area contributed by atoms with Gasteiger partial charge in [-0.05, 0) is 13.8 Å². The molecular weight excluding hydrogens is 446 g/mol. The van der Waals surface area contributed by atoms with Crippen molar-refractivity contribution in [2.45, 2.75) is 96.8 Å². The Balaban J connectivity index is -0.000000187. The molecule has 0 aromatic carbocycles. The second-order valence-electron chi connectivity index (χ2n) is 6.06. The van der Waals surface area contributed by atoms with Crippen LogP contribution < -0.4 is 0 Å². The summed E-state index contributed by atoms with van der Waals surface area (Å²) >= 11 is 0. The number of halogens is 14. The van der Waals surface area contributed by atoms with Gasteiger partial charge in [-0.1, -0.05) is 27.7 Å². The molecule has 2 unspecified atom stereocenters. The summed E-state index contributed by atoms with van der Waals surface area (Å²) < 4.78 is 167. The molecule has 0 aliphatic rings. The molecule has 0 spiro atoms. The van der Waals surface area contributed by atoms with Crippen LogP contribution in [0.15, 0.2) is 0 Å². The molecule has 0 bridgehead atoms. The molecule has 0 N–H and O–H groups in total. The highest BCUT2D eigenvalue weighted by molar-refractivity contribution is 5.02. The minimum atomic E-state index is -6.06. The van der Waals surface area contributed by atoms with Crippen LogP contribution in [0.1, 0.15) is 55.4 Å². The second-order valence-corrected chi connectivity index (χ2v) is 6.06. The quantitative estimate of drug-likeness (QED) is 0.363. The molecule has 0 heterocycles. The fourth-order valence-corrected chi connectivity index (χ4v) is 0.839. The van der Waals surface area contributed by atoms with Gasteiger partial charge in [-0.25, -0.2) is 26.3 Å². The summed E-state index contributed by atoms with van der Waals surface area (Å²) in [5.74, 6) is -15.3. The largest absolute Gasteiger partial charge is 0.428 e. The first-order valence-corrected chi connectivity index (χ1v) is 7.31. The monoisotopic (exact) mass is 470 g/mol. The van der Waals surface area contributed by atoms with E-state index in [2.05, 4.69) is 13.8 Å². The van der Waals surface area contributed by atoms with Gasteiger partial charge in [0.25, 0.3) is 17.3 Å². The summed E-state index contributed by atoms with van der Waals surface area (Å²) in [6, 6.07) is 0. The molecule has 29 heavy (non-hydrogen) atoms. The van der Waals surface area contributed by atoms with Crippen molar-refractivity contribution >= 4 is 0 Å². The minimum Gasteiger partial charge on any atom is -0.227 e. The van der Waals surface area contributed by atoms with Crippen LogP contribution in [0, 0.1) is 0 Å². The molecule has 0 nitrogen and oxygen atoms in total. The molecule has 0 radical (unpaired) electrons. The number of hydrogen-bond donors (Lipinski definition) is 0. The van der Waals surface area contributed by atoms with E-state index >= 15 is 0 Å². The number of hydrogen-bond acceptors (Lipinski definition) is 0. The van der Waals surface area contributed by atoms with Crippen LogP contribution in [-0.2, 0) is 0 Å². The van der Waals surface area contributed by atoms with Gasteiger partial charge in [0.15, 0.2) is 0 Å². The Kier molecular flexibility index (Phi) is 12.7. The van der Waals surface area contributed by atoms with E-state index in [1.807, 2.05) is 0 Å². The third-order valence-electron chi connectivity index (χ3n) is 3.03. The van der Waals surface area contributed by atoms with E-state index in [9.17, 15) is 61.5 Å². The van der Waals surface area contributed by atoms with Crippen molar-refractivity contribution in [3.05, 3.63) is 0 Å². The molecule has 0 saturated carbocycles. The summed E-state index contributed by atoms with van der Waals surface area (Å²) in [5.41, 5.74) is -9.72. The summed E-state index contributed by atoms with van der Waals surface area (Å²) in [5, 5.41) is 0. The SMILES string of the molecule is C.CC(F)(F)C(C)(F)C(F)(F)F.CC(F)(F)C(F)(F)C(C)(F)C(F)(F)F.CCC. The van der Waals surface area contributed by atoms with Crippen molar-refractivity contribution in [2.24, 2.45) is 0 Å². The molecule has 2 atom stereocenters. The van der Waals surface area contributed by atoms with E-state index in [0.717, 1.165) is 0 Å². The van der Waals surface area contributed by atoms with Gasteiger partial charge in [0.1, 0.15) is 0 Å². The maximum atomic E-state index is 12.5. The average molecular weight is 470 g/mol. The van der Waals surface area contributed by atoms with Gasteiger partial charge < -0.3 is 0 Å². The Morgan fingerprint density at radius 1 is 0.448 bits per heavy atom. The lowest BCUT2D eigenvalue weighted by Crippen LogP contribution is -2.60. The van der Waals surface area contributed by atoms with Gasteiger partial charge in [0.2, 0.25) is 0 Å². The zero-order chi connectivity index (χ0) is 24.2. The fraction of sp³-hybridized carbons (Fsp3) is 1.00. The van der Waals surface area contributed by atoms with E-state index in [0.29, 0.717) is 0 Å². The van der Waals surface area contributed by atoms with E-state index < -0.39 is 55.3 Å².